The van der Waals surface area contributed by atoms with Gasteiger partial charge in [-0.2, -0.15) is 0 Å². The van der Waals surface area contributed by atoms with E-state index in [0.717, 1.165) is 6.07 Å². The van der Waals surface area contributed by atoms with Crippen molar-refractivity contribution >= 4 is 23.5 Å². The topological polar surface area (TPSA) is 46.6 Å². The van der Waals surface area contributed by atoms with Crippen LogP contribution in [0.5, 0.6) is 0 Å². The summed E-state index contributed by atoms with van der Waals surface area (Å²) in [6, 6.07) is 4.02. The zero-order valence-corrected chi connectivity index (χ0v) is 12.5. The maximum absolute atomic E-state index is 13.4. The lowest BCUT2D eigenvalue weighted by Gasteiger charge is -2.31. The Morgan fingerprint density at radius 1 is 1.38 bits per heavy atom. The van der Waals surface area contributed by atoms with Gasteiger partial charge in [-0.05, 0) is 38.0 Å². The van der Waals surface area contributed by atoms with Crippen molar-refractivity contribution in [2.75, 3.05) is 19.7 Å². The first-order chi connectivity index (χ1) is 10.0. The molecule has 0 saturated carbocycles. The average Bonchev–Trinajstić information content (AvgIpc) is 2.50. The van der Waals surface area contributed by atoms with Crippen LogP contribution in [0, 0.1) is 11.7 Å². The molecule has 0 N–H and O–H groups in total. The van der Waals surface area contributed by atoms with Gasteiger partial charge in [0.05, 0.1) is 17.5 Å². The number of carbonyl (C=O) groups excluding carboxylic acids is 2. The number of nitrogens with zero attached hydrogens (tertiary/aromatic N) is 1. The number of amides is 1. The van der Waals surface area contributed by atoms with Crippen molar-refractivity contribution in [2.45, 2.75) is 19.8 Å². The van der Waals surface area contributed by atoms with Crippen LogP contribution in [0.2, 0.25) is 5.02 Å². The predicted octanol–water partition coefficient (Wildman–Crippen LogP) is 2.89. The first-order valence-corrected chi connectivity index (χ1v) is 7.31. The molecule has 0 aromatic heterocycles. The fourth-order valence-electron chi connectivity index (χ4n) is 2.39. The molecule has 1 fully saturated rings. The lowest BCUT2D eigenvalue weighted by atomic mass is 9.96. The molecule has 0 bridgehead atoms. The third-order valence-electron chi connectivity index (χ3n) is 3.57. The van der Waals surface area contributed by atoms with E-state index in [1.807, 2.05) is 0 Å². The fourth-order valence-corrected chi connectivity index (χ4v) is 2.51. The van der Waals surface area contributed by atoms with Crippen LogP contribution in [0.3, 0.4) is 0 Å². The Balaban J connectivity index is 1.97. The quantitative estimate of drug-likeness (QED) is 0.806. The first-order valence-electron chi connectivity index (χ1n) is 6.94. The molecule has 1 heterocycles. The molecule has 1 aromatic carbocycles. The second-order valence-corrected chi connectivity index (χ2v) is 5.35. The van der Waals surface area contributed by atoms with Gasteiger partial charge in [0, 0.05) is 18.7 Å². The van der Waals surface area contributed by atoms with Crippen LogP contribution in [-0.2, 0) is 9.53 Å². The van der Waals surface area contributed by atoms with Gasteiger partial charge in [0.2, 0.25) is 0 Å². The van der Waals surface area contributed by atoms with Crippen LogP contribution in [0.1, 0.15) is 30.1 Å². The van der Waals surface area contributed by atoms with Gasteiger partial charge in [-0.15, -0.1) is 0 Å². The fraction of sp³-hybridized carbons (Fsp3) is 0.467. The summed E-state index contributed by atoms with van der Waals surface area (Å²) >= 11 is 5.60. The molecule has 1 aromatic rings. The van der Waals surface area contributed by atoms with Crippen molar-refractivity contribution in [1.29, 1.82) is 0 Å². The Morgan fingerprint density at radius 2 is 2.05 bits per heavy atom. The molecule has 0 spiro atoms. The van der Waals surface area contributed by atoms with Crippen LogP contribution >= 0.6 is 11.6 Å². The van der Waals surface area contributed by atoms with Crippen molar-refractivity contribution in [1.82, 2.24) is 4.90 Å². The maximum Gasteiger partial charge on any atom is 0.309 e. The SMILES string of the molecule is CCOC(=O)C1CCN(C(=O)c2ccc(Cl)c(F)c2)CC1. The van der Waals surface area contributed by atoms with Gasteiger partial charge >= 0.3 is 5.97 Å². The number of hydrogen-bond donors (Lipinski definition) is 0. The number of halogens is 2. The summed E-state index contributed by atoms with van der Waals surface area (Å²) in [7, 11) is 0. The third-order valence-corrected chi connectivity index (χ3v) is 3.88. The Morgan fingerprint density at radius 3 is 2.62 bits per heavy atom. The summed E-state index contributed by atoms with van der Waals surface area (Å²) < 4.78 is 18.4. The molecular weight excluding hydrogens is 297 g/mol. The lowest BCUT2D eigenvalue weighted by Crippen LogP contribution is -2.40. The molecule has 1 saturated heterocycles. The highest BCUT2D eigenvalue weighted by molar-refractivity contribution is 6.30. The molecule has 21 heavy (non-hydrogen) atoms. The van der Waals surface area contributed by atoms with Gasteiger partial charge in [0.1, 0.15) is 5.82 Å². The van der Waals surface area contributed by atoms with Gasteiger partial charge in [-0.3, -0.25) is 9.59 Å². The van der Waals surface area contributed by atoms with Gasteiger partial charge in [-0.25, -0.2) is 4.39 Å². The summed E-state index contributed by atoms with van der Waals surface area (Å²) in [5.41, 5.74) is 0.270. The van der Waals surface area contributed by atoms with Crippen LogP contribution < -0.4 is 0 Å². The molecule has 6 heteroatoms. The minimum Gasteiger partial charge on any atom is -0.466 e. The average molecular weight is 314 g/mol. The van der Waals surface area contributed by atoms with Gasteiger partial charge in [0.15, 0.2) is 0 Å². The largest absolute Gasteiger partial charge is 0.466 e. The number of rotatable bonds is 3. The second-order valence-electron chi connectivity index (χ2n) is 4.95. The standard InChI is InChI=1S/C15H17ClFNO3/c1-2-21-15(20)10-5-7-18(8-6-10)14(19)11-3-4-12(16)13(17)9-11/h3-4,9-10H,2,5-8H2,1H3. The monoisotopic (exact) mass is 313 g/mol. The van der Waals surface area contributed by atoms with Crippen LogP contribution in [0.4, 0.5) is 4.39 Å². The Hall–Kier alpha value is -1.62. The van der Waals surface area contributed by atoms with E-state index in [-0.39, 0.29) is 28.4 Å². The zero-order valence-electron chi connectivity index (χ0n) is 11.8. The molecule has 2 rings (SSSR count). The van der Waals surface area contributed by atoms with Crippen LogP contribution in [0.15, 0.2) is 18.2 Å². The highest BCUT2D eigenvalue weighted by Crippen LogP contribution is 2.22. The van der Waals surface area contributed by atoms with Crippen molar-refractivity contribution < 1.29 is 18.7 Å². The molecule has 0 aliphatic carbocycles. The Kier molecular flexibility index (Phi) is 5.17. The molecule has 0 atom stereocenters. The summed E-state index contributed by atoms with van der Waals surface area (Å²) in [5.74, 6) is -1.21. The van der Waals surface area contributed by atoms with E-state index in [2.05, 4.69) is 0 Å². The maximum atomic E-state index is 13.4. The van der Waals surface area contributed by atoms with Crippen molar-refractivity contribution in [3.05, 3.63) is 34.6 Å². The number of piperidine rings is 1. The predicted molar refractivity (Wildman–Crippen MR) is 76.7 cm³/mol. The van der Waals surface area contributed by atoms with Crippen LogP contribution in [-0.4, -0.2) is 36.5 Å². The molecule has 114 valence electrons. The van der Waals surface area contributed by atoms with E-state index in [4.69, 9.17) is 16.3 Å². The minimum atomic E-state index is -0.607. The molecule has 1 amide bonds. The number of carbonyl (C=O) groups is 2. The van der Waals surface area contributed by atoms with Crippen molar-refractivity contribution in [3.8, 4) is 0 Å². The summed E-state index contributed by atoms with van der Waals surface area (Å²) in [6.07, 6.45) is 1.14. The number of esters is 1. The molecule has 0 unspecified atom stereocenters. The molecule has 4 nitrogen and oxygen atoms in total. The van der Waals surface area contributed by atoms with Gasteiger partial charge in [-0.1, -0.05) is 11.6 Å². The van der Waals surface area contributed by atoms with E-state index in [9.17, 15) is 14.0 Å². The first kappa shape index (κ1) is 15.8. The highest BCUT2D eigenvalue weighted by Gasteiger charge is 2.28. The zero-order chi connectivity index (χ0) is 15.4. The number of benzene rings is 1. The molecule has 1 aliphatic rings. The number of ether oxygens (including phenoxy) is 1. The Bertz CT molecular complexity index is 542. The number of hydrogen-bond acceptors (Lipinski definition) is 3. The lowest BCUT2D eigenvalue weighted by molar-refractivity contribution is -0.149. The molecular formula is C15H17ClFNO3. The van der Waals surface area contributed by atoms with E-state index < -0.39 is 5.82 Å². The van der Waals surface area contributed by atoms with Crippen LogP contribution in [0.25, 0.3) is 0 Å². The Labute approximate surface area is 127 Å². The molecule has 0 radical (unpaired) electrons. The smallest absolute Gasteiger partial charge is 0.309 e. The molecule has 1 aliphatic heterocycles. The summed E-state index contributed by atoms with van der Waals surface area (Å²) in [5, 5.41) is -0.00688. The summed E-state index contributed by atoms with van der Waals surface area (Å²) in [4.78, 5) is 25.5. The van der Waals surface area contributed by atoms with E-state index in [0.29, 0.717) is 32.5 Å². The van der Waals surface area contributed by atoms with E-state index in [1.165, 1.54) is 12.1 Å². The van der Waals surface area contributed by atoms with Gasteiger partial charge in [0.25, 0.3) is 5.91 Å². The van der Waals surface area contributed by atoms with Gasteiger partial charge < -0.3 is 9.64 Å². The van der Waals surface area contributed by atoms with E-state index in [1.54, 1.807) is 11.8 Å². The van der Waals surface area contributed by atoms with Crippen molar-refractivity contribution in [2.24, 2.45) is 5.92 Å². The third kappa shape index (κ3) is 3.73. The minimum absolute atomic E-state index is 0.00688. The summed E-state index contributed by atoms with van der Waals surface area (Å²) in [6.45, 7) is 3.06. The normalized spacial score (nSPS) is 15.9. The van der Waals surface area contributed by atoms with E-state index >= 15 is 0 Å². The highest BCUT2D eigenvalue weighted by atomic mass is 35.5. The second kappa shape index (κ2) is 6.89. The number of likely N-dealkylation sites (tertiary alicyclic amines) is 1. The van der Waals surface area contributed by atoms with Crippen molar-refractivity contribution in [3.63, 3.8) is 0 Å².